The number of halogens is 1. The third-order valence-corrected chi connectivity index (χ3v) is 4.42. The van der Waals surface area contributed by atoms with E-state index in [1.54, 1.807) is 11.8 Å². The quantitative estimate of drug-likeness (QED) is 0.822. The van der Waals surface area contributed by atoms with Crippen molar-refractivity contribution in [3.8, 4) is 0 Å². The summed E-state index contributed by atoms with van der Waals surface area (Å²) in [5, 5.41) is 3.28. The van der Waals surface area contributed by atoms with Crippen molar-refractivity contribution in [2.45, 2.75) is 31.7 Å². The topological polar surface area (TPSA) is 76.7 Å². The lowest BCUT2D eigenvalue weighted by atomic mass is 10.2. The van der Waals surface area contributed by atoms with Crippen molar-refractivity contribution in [1.29, 1.82) is 0 Å². The molecular weight excluding hydrogens is 306 g/mol. The SMILES string of the molecule is Cc1ccc(C)c(SCC(C)Nc2nc(N)nc(Cl)n2)c1. The molecule has 1 aromatic heterocycles. The van der Waals surface area contributed by atoms with Crippen molar-refractivity contribution in [3.63, 3.8) is 0 Å². The van der Waals surface area contributed by atoms with Gasteiger partial charge in [-0.25, -0.2) is 0 Å². The zero-order valence-electron chi connectivity index (χ0n) is 12.2. The van der Waals surface area contributed by atoms with E-state index >= 15 is 0 Å². The predicted octanol–water partition coefficient (Wildman–Crippen LogP) is 3.32. The Hall–Kier alpha value is -1.53. The Kier molecular flexibility index (Phi) is 5.25. The highest BCUT2D eigenvalue weighted by Crippen LogP contribution is 2.24. The number of hydrogen-bond acceptors (Lipinski definition) is 6. The molecule has 0 aliphatic heterocycles. The molecule has 0 saturated heterocycles. The van der Waals surface area contributed by atoms with Crippen molar-refractivity contribution >= 4 is 35.3 Å². The third-order valence-electron chi connectivity index (χ3n) is 2.83. The number of anilines is 2. The van der Waals surface area contributed by atoms with Crippen molar-refractivity contribution in [2.24, 2.45) is 0 Å². The smallest absolute Gasteiger partial charge is 0.229 e. The number of nitrogens with two attached hydrogens (primary N) is 1. The van der Waals surface area contributed by atoms with Crippen LogP contribution in [0.3, 0.4) is 0 Å². The summed E-state index contributed by atoms with van der Waals surface area (Å²) < 4.78 is 0. The number of benzene rings is 1. The van der Waals surface area contributed by atoms with Crippen molar-refractivity contribution in [2.75, 3.05) is 16.8 Å². The number of nitrogens with one attached hydrogen (secondary N) is 1. The van der Waals surface area contributed by atoms with Crippen LogP contribution in [0.25, 0.3) is 0 Å². The van der Waals surface area contributed by atoms with Crippen molar-refractivity contribution < 1.29 is 0 Å². The summed E-state index contributed by atoms with van der Waals surface area (Å²) >= 11 is 7.56. The van der Waals surface area contributed by atoms with Gasteiger partial charge in [0.15, 0.2) is 0 Å². The minimum atomic E-state index is 0.0966. The van der Waals surface area contributed by atoms with Crippen LogP contribution in [0, 0.1) is 13.8 Å². The van der Waals surface area contributed by atoms with E-state index in [-0.39, 0.29) is 17.3 Å². The summed E-state index contributed by atoms with van der Waals surface area (Å²) in [6, 6.07) is 6.64. The fourth-order valence-corrected chi connectivity index (χ4v) is 3.01. The molecule has 0 radical (unpaired) electrons. The number of aryl methyl sites for hydroxylation is 2. The zero-order chi connectivity index (χ0) is 15.4. The lowest BCUT2D eigenvalue weighted by molar-refractivity contribution is 0.879. The first-order valence-corrected chi connectivity index (χ1v) is 7.94. The summed E-state index contributed by atoms with van der Waals surface area (Å²) in [5.41, 5.74) is 8.09. The molecule has 0 amide bonds. The summed E-state index contributed by atoms with van der Waals surface area (Å²) in [7, 11) is 0. The Balaban J connectivity index is 1.95. The number of rotatable bonds is 5. The molecule has 112 valence electrons. The van der Waals surface area contributed by atoms with E-state index in [2.05, 4.69) is 59.2 Å². The van der Waals surface area contributed by atoms with Crippen LogP contribution < -0.4 is 11.1 Å². The number of nitrogen functional groups attached to an aromatic ring is 1. The van der Waals surface area contributed by atoms with E-state index < -0.39 is 0 Å². The maximum atomic E-state index is 5.76. The summed E-state index contributed by atoms with van der Waals surface area (Å²) in [6.07, 6.45) is 0. The summed E-state index contributed by atoms with van der Waals surface area (Å²) in [6.45, 7) is 6.28. The molecular formula is C14H18ClN5S. The Morgan fingerprint density at radius 2 is 2.05 bits per heavy atom. The van der Waals surface area contributed by atoms with E-state index in [9.17, 15) is 0 Å². The van der Waals surface area contributed by atoms with Gasteiger partial charge in [0.05, 0.1) is 0 Å². The molecule has 0 aliphatic rings. The van der Waals surface area contributed by atoms with E-state index in [4.69, 9.17) is 17.3 Å². The normalized spacial score (nSPS) is 12.2. The van der Waals surface area contributed by atoms with Gasteiger partial charge in [0.25, 0.3) is 0 Å². The van der Waals surface area contributed by atoms with Crippen LogP contribution in [-0.2, 0) is 0 Å². The third kappa shape index (κ3) is 4.75. The fraction of sp³-hybridized carbons (Fsp3) is 0.357. The van der Waals surface area contributed by atoms with Gasteiger partial charge < -0.3 is 11.1 Å². The molecule has 5 nitrogen and oxygen atoms in total. The Labute approximate surface area is 133 Å². The standard InChI is InChI=1S/C14H18ClN5S/c1-8-4-5-9(2)11(6-8)21-7-10(3)17-14-19-12(15)18-13(16)20-14/h4-6,10H,7H2,1-3H3,(H3,16,17,18,19,20). The Bertz CT molecular complexity index is 615. The monoisotopic (exact) mass is 323 g/mol. The van der Waals surface area contributed by atoms with Gasteiger partial charge in [-0.1, -0.05) is 17.7 Å². The Morgan fingerprint density at radius 1 is 1.29 bits per heavy atom. The summed E-state index contributed by atoms with van der Waals surface area (Å²) in [4.78, 5) is 13.0. The largest absolute Gasteiger partial charge is 0.368 e. The molecule has 1 atom stereocenters. The van der Waals surface area contributed by atoms with E-state index in [0.717, 1.165) is 5.75 Å². The second-order valence-corrected chi connectivity index (χ2v) is 6.31. The average molecular weight is 324 g/mol. The fourth-order valence-electron chi connectivity index (χ4n) is 1.77. The van der Waals surface area contributed by atoms with Crippen LogP contribution in [0.1, 0.15) is 18.1 Å². The molecule has 0 spiro atoms. The molecule has 2 rings (SSSR count). The number of aromatic nitrogens is 3. The Morgan fingerprint density at radius 3 is 2.76 bits per heavy atom. The van der Waals surface area contributed by atoms with Gasteiger partial charge >= 0.3 is 0 Å². The van der Waals surface area contributed by atoms with Crippen LogP contribution in [0.2, 0.25) is 5.28 Å². The number of nitrogens with zero attached hydrogens (tertiary/aromatic N) is 3. The van der Waals surface area contributed by atoms with Gasteiger partial charge in [-0.05, 0) is 44.0 Å². The van der Waals surface area contributed by atoms with Crippen LogP contribution in [0.5, 0.6) is 0 Å². The minimum Gasteiger partial charge on any atom is -0.368 e. The molecule has 0 saturated carbocycles. The molecule has 0 bridgehead atoms. The van der Waals surface area contributed by atoms with Crippen LogP contribution in [0.4, 0.5) is 11.9 Å². The van der Waals surface area contributed by atoms with Gasteiger partial charge in [0.1, 0.15) is 0 Å². The predicted molar refractivity (Wildman–Crippen MR) is 89.0 cm³/mol. The van der Waals surface area contributed by atoms with Gasteiger partial charge in [0.2, 0.25) is 17.2 Å². The average Bonchev–Trinajstić information content (AvgIpc) is 2.38. The van der Waals surface area contributed by atoms with Crippen molar-refractivity contribution in [1.82, 2.24) is 15.0 Å². The molecule has 1 heterocycles. The lowest BCUT2D eigenvalue weighted by Crippen LogP contribution is -2.20. The van der Waals surface area contributed by atoms with E-state index in [1.807, 2.05) is 0 Å². The lowest BCUT2D eigenvalue weighted by Gasteiger charge is -2.14. The van der Waals surface area contributed by atoms with Crippen molar-refractivity contribution in [3.05, 3.63) is 34.6 Å². The number of thioether (sulfide) groups is 1. The molecule has 0 fully saturated rings. The van der Waals surface area contributed by atoms with Crippen LogP contribution in [-0.4, -0.2) is 26.7 Å². The molecule has 2 aromatic rings. The molecule has 1 unspecified atom stereocenters. The first kappa shape index (κ1) is 15.9. The molecule has 3 N–H and O–H groups in total. The van der Waals surface area contributed by atoms with Gasteiger partial charge in [-0.2, -0.15) is 15.0 Å². The molecule has 0 aliphatic carbocycles. The minimum absolute atomic E-state index is 0.0966. The highest BCUT2D eigenvalue weighted by atomic mass is 35.5. The number of hydrogen-bond donors (Lipinski definition) is 2. The van der Waals surface area contributed by atoms with Gasteiger partial charge in [-0.15, -0.1) is 11.8 Å². The van der Waals surface area contributed by atoms with E-state index in [0.29, 0.717) is 5.95 Å². The second kappa shape index (κ2) is 6.95. The second-order valence-electron chi connectivity index (χ2n) is 4.91. The highest BCUT2D eigenvalue weighted by molar-refractivity contribution is 7.99. The maximum absolute atomic E-state index is 5.76. The first-order chi connectivity index (χ1) is 9.94. The molecule has 7 heteroatoms. The van der Waals surface area contributed by atoms with Crippen LogP contribution in [0.15, 0.2) is 23.1 Å². The van der Waals surface area contributed by atoms with E-state index in [1.165, 1.54) is 16.0 Å². The molecule has 1 aromatic carbocycles. The van der Waals surface area contributed by atoms with Gasteiger partial charge in [-0.3, -0.25) is 0 Å². The molecule has 21 heavy (non-hydrogen) atoms. The summed E-state index contributed by atoms with van der Waals surface area (Å²) in [5.74, 6) is 1.40. The van der Waals surface area contributed by atoms with Crippen LogP contribution >= 0.6 is 23.4 Å². The highest BCUT2D eigenvalue weighted by Gasteiger charge is 2.08. The first-order valence-electron chi connectivity index (χ1n) is 6.57. The van der Waals surface area contributed by atoms with Gasteiger partial charge in [0, 0.05) is 16.7 Å². The zero-order valence-corrected chi connectivity index (χ0v) is 13.8. The maximum Gasteiger partial charge on any atom is 0.229 e.